The number of halogens is 1. The molecular weight excluding hydrogens is 358 g/mol. The van der Waals surface area contributed by atoms with Gasteiger partial charge in [-0.1, -0.05) is 54.1 Å². The van der Waals surface area contributed by atoms with Gasteiger partial charge in [0, 0.05) is 6.42 Å². The highest BCUT2D eigenvalue weighted by atomic mass is 35.5. The average molecular weight is 376 g/mol. The Kier molecular flexibility index (Phi) is 6.99. The number of carbonyl (C=O) groups is 3. The van der Waals surface area contributed by atoms with Gasteiger partial charge in [0.05, 0.1) is 10.7 Å². The van der Waals surface area contributed by atoms with Crippen LogP contribution in [0.4, 0.5) is 10.5 Å². The number of carbonyl (C=O) groups excluding carboxylic acids is 3. The Morgan fingerprint density at radius 1 is 1.04 bits per heavy atom. The SMILES string of the molecule is NC(=O)N[C@@H](Cc1ccccc1)C(=O)OCC(=O)Nc1ccccc1Cl. The van der Waals surface area contributed by atoms with Gasteiger partial charge in [-0.2, -0.15) is 0 Å². The summed E-state index contributed by atoms with van der Waals surface area (Å²) in [5.41, 5.74) is 6.33. The van der Waals surface area contributed by atoms with Crippen LogP contribution in [-0.2, 0) is 20.7 Å². The van der Waals surface area contributed by atoms with Crippen molar-refractivity contribution < 1.29 is 19.1 Å². The van der Waals surface area contributed by atoms with Crippen molar-refractivity contribution in [3.63, 3.8) is 0 Å². The fourth-order valence-corrected chi connectivity index (χ4v) is 2.38. The summed E-state index contributed by atoms with van der Waals surface area (Å²) in [6.45, 7) is -0.518. The second kappa shape index (κ2) is 9.43. The van der Waals surface area contributed by atoms with E-state index < -0.39 is 30.6 Å². The summed E-state index contributed by atoms with van der Waals surface area (Å²) in [5, 5.41) is 5.22. The second-order valence-corrected chi connectivity index (χ2v) is 5.79. The van der Waals surface area contributed by atoms with Crippen molar-refractivity contribution in [1.29, 1.82) is 0 Å². The topological polar surface area (TPSA) is 111 Å². The first-order valence-electron chi connectivity index (χ1n) is 7.76. The molecule has 0 aliphatic carbocycles. The summed E-state index contributed by atoms with van der Waals surface area (Å²) in [7, 11) is 0. The third-order valence-corrected chi connectivity index (χ3v) is 3.71. The average Bonchev–Trinajstić information content (AvgIpc) is 2.61. The molecule has 0 aliphatic rings. The fraction of sp³-hybridized carbons (Fsp3) is 0.167. The van der Waals surface area contributed by atoms with Crippen molar-refractivity contribution in [2.24, 2.45) is 5.73 Å². The Bertz CT molecular complexity index is 783. The molecule has 8 heteroatoms. The number of esters is 1. The van der Waals surface area contributed by atoms with E-state index in [1.165, 1.54) is 0 Å². The number of nitrogens with two attached hydrogens (primary N) is 1. The van der Waals surface area contributed by atoms with Gasteiger partial charge in [0.15, 0.2) is 6.61 Å². The maximum atomic E-state index is 12.2. The van der Waals surface area contributed by atoms with Gasteiger partial charge in [-0.15, -0.1) is 0 Å². The Morgan fingerprint density at radius 3 is 2.35 bits per heavy atom. The van der Waals surface area contributed by atoms with Gasteiger partial charge < -0.3 is 21.1 Å². The summed E-state index contributed by atoms with van der Waals surface area (Å²) >= 11 is 5.95. The molecule has 0 aromatic heterocycles. The molecule has 0 spiro atoms. The molecule has 4 N–H and O–H groups in total. The Labute approximate surface area is 155 Å². The number of primary amides is 1. The number of para-hydroxylation sites is 1. The van der Waals surface area contributed by atoms with Gasteiger partial charge in [0.1, 0.15) is 6.04 Å². The van der Waals surface area contributed by atoms with Crippen LogP contribution in [0.5, 0.6) is 0 Å². The first kappa shape index (κ1) is 19.3. The summed E-state index contributed by atoms with van der Waals surface area (Å²) in [6, 6.07) is 13.9. The molecule has 1 atom stereocenters. The molecule has 0 unspecified atom stereocenters. The van der Waals surface area contributed by atoms with E-state index in [9.17, 15) is 14.4 Å². The lowest BCUT2D eigenvalue weighted by molar-refractivity contribution is -0.149. The van der Waals surface area contributed by atoms with E-state index in [2.05, 4.69) is 10.6 Å². The van der Waals surface area contributed by atoms with Crippen LogP contribution in [0.3, 0.4) is 0 Å². The van der Waals surface area contributed by atoms with Crippen LogP contribution in [0, 0.1) is 0 Å². The molecule has 2 aromatic rings. The molecule has 0 aliphatic heterocycles. The van der Waals surface area contributed by atoms with Crippen molar-refractivity contribution in [3.05, 3.63) is 65.2 Å². The molecular formula is C18H18ClN3O4. The van der Waals surface area contributed by atoms with E-state index in [1.54, 1.807) is 48.5 Å². The second-order valence-electron chi connectivity index (χ2n) is 5.39. The van der Waals surface area contributed by atoms with Crippen molar-refractivity contribution >= 4 is 35.2 Å². The first-order valence-corrected chi connectivity index (χ1v) is 8.14. The van der Waals surface area contributed by atoms with Crippen LogP contribution < -0.4 is 16.4 Å². The molecule has 0 saturated heterocycles. The first-order chi connectivity index (χ1) is 12.5. The minimum absolute atomic E-state index is 0.189. The minimum atomic E-state index is -0.997. The lowest BCUT2D eigenvalue weighted by Crippen LogP contribution is -2.46. The minimum Gasteiger partial charge on any atom is -0.454 e. The predicted octanol–water partition coefficient (Wildman–Crippen LogP) is 2.10. The number of hydrogen-bond acceptors (Lipinski definition) is 4. The quantitative estimate of drug-likeness (QED) is 0.643. The molecule has 0 fully saturated rings. The van der Waals surface area contributed by atoms with E-state index >= 15 is 0 Å². The zero-order valence-electron chi connectivity index (χ0n) is 13.8. The number of ether oxygens (including phenoxy) is 1. The summed E-state index contributed by atoms with van der Waals surface area (Å²) in [6.07, 6.45) is 0.189. The van der Waals surface area contributed by atoms with Crippen molar-refractivity contribution in [1.82, 2.24) is 5.32 Å². The highest BCUT2D eigenvalue weighted by Gasteiger charge is 2.22. The molecule has 2 rings (SSSR count). The largest absolute Gasteiger partial charge is 0.454 e. The zero-order chi connectivity index (χ0) is 18.9. The molecule has 3 amide bonds. The van der Waals surface area contributed by atoms with Crippen molar-refractivity contribution in [2.75, 3.05) is 11.9 Å². The molecule has 7 nitrogen and oxygen atoms in total. The van der Waals surface area contributed by atoms with Crippen LogP contribution >= 0.6 is 11.6 Å². The number of rotatable bonds is 7. The number of nitrogens with one attached hydrogen (secondary N) is 2. The zero-order valence-corrected chi connectivity index (χ0v) is 14.5. The molecule has 0 saturated carbocycles. The van der Waals surface area contributed by atoms with E-state index in [-0.39, 0.29) is 6.42 Å². The van der Waals surface area contributed by atoms with Gasteiger partial charge >= 0.3 is 12.0 Å². The van der Waals surface area contributed by atoms with Crippen LogP contribution in [0.2, 0.25) is 5.02 Å². The lowest BCUT2D eigenvalue weighted by Gasteiger charge is -2.16. The molecule has 0 bridgehead atoms. The monoisotopic (exact) mass is 375 g/mol. The van der Waals surface area contributed by atoms with Crippen LogP contribution in [0.15, 0.2) is 54.6 Å². The van der Waals surface area contributed by atoms with Gasteiger partial charge in [0.25, 0.3) is 5.91 Å². The summed E-state index contributed by atoms with van der Waals surface area (Å²) in [5.74, 6) is -1.31. The van der Waals surface area contributed by atoms with E-state index in [0.717, 1.165) is 5.56 Å². The highest BCUT2D eigenvalue weighted by Crippen LogP contribution is 2.20. The Balaban J connectivity index is 1.92. The van der Waals surface area contributed by atoms with Crippen LogP contribution in [0.25, 0.3) is 0 Å². The van der Waals surface area contributed by atoms with Crippen molar-refractivity contribution in [3.8, 4) is 0 Å². The predicted molar refractivity (Wildman–Crippen MR) is 97.7 cm³/mol. The number of urea groups is 1. The fourth-order valence-electron chi connectivity index (χ4n) is 2.20. The van der Waals surface area contributed by atoms with Crippen molar-refractivity contribution in [2.45, 2.75) is 12.5 Å². The number of benzene rings is 2. The Hall–Kier alpha value is -3.06. The number of hydrogen-bond donors (Lipinski definition) is 3. The maximum Gasteiger partial charge on any atom is 0.329 e. The third kappa shape index (κ3) is 6.10. The van der Waals surface area contributed by atoms with E-state index in [4.69, 9.17) is 22.1 Å². The third-order valence-electron chi connectivity index (χ3n) is 3.38. The number of anilines is 1. The normalized spacial score (nSPS) is 11.3. The number of amides is 3. The van der Waals surface area contributed by atoms with Gasteiger partial charge in [-0.25, -0.2) is 9.59 Å². The molecule has 0 heterocycles. The summed E-state index contributed by atoms with van der Waals surface area (Å²) < 4.78 is 4.99. The lowest BCUT2D eigenvalue weighted by atomic mass is 10.1. The van der Waals surface area contributed by atoms with Gasteiger partial charge in [-0.05, 0) is 17.7 Å². The Morgan fingerprint density at radius 2 is 1.69 bits per heavy atom. The maximum absolute atomic E-state index is 12.2. The highest BCUT2D eigenvalue weighted by molar-refractivity contribution is 6.33. The van der Waals surface area contributed by atoms with Crippen LogP contribution in [0.1, 0.15) is 5.56 Å². The molecule has 2 aromatic carbocycles. The van der Waals surface area contributed by atoms with E-state index in [0.29, 0.717) is 10.7 Å². The van der Waals surface area contributed by atoms with Crippen LogP contribution in [-0.4, -0.2) is 30.6 Å². The molecule has 136 valence electrons. The summed E-state index contributed by atoms with van der Waals surface area (Å²) in [4.78, 5) is 35.3. The van der Waals surface area contributed by atoms with E-state index in [1.807, 2.05) is 6.07 Å². The van der Waals surface area contributed by atoms with Gasteiger partial charge in [0.2, 0.25) is 0 Å². The van der Waals surface area contributed by atoms with Gasteiger partial charge in [-0.3, -0.25) is 4.79 Å². The smallest absolute Gasteiger partial charge is 0.329 e. The molecule has 0 radical (unpaired) electrons. The standard InChI is InChI=1S/C18H18ClN3O4/c19-13-8-4-5-9-14(13)21-16(23)11-26-17(24)15(22-18(20)25)10-12-6-2-1-3-7-12/h1-9,15H,10-11H2,(H,21,23)(H3,20,22,25)/t15-/m0/s1. The molecule has 26 heavy (non-hydrogen) atoms.